The molecule has 0 spiro atoms. The molecule has 9 heteroatoms. The number of aryl methyl sites for hydroxylation is 1. The number of nitrogens with zero attached hydrogens (tertiary/aromatic N) is 3. The molecule has 1 amide bonds. The Balaban J connectivity index is 2.05. The van der Waals surface area contributed by atoms with Gasteiger partial charge in [-0.3, -0.25) is 15.6 Å². The summed E-state index contributed by atoms with van der Waals surface area (Å²) in [5, 5.41) is 5.13. The van der Waals surface area contributed by atoms with E-state index in [9.17, 15) is 18.0 Å². The first-order valence-electron chi connectivity index (χ1n) is 9.52. The monoisotopic (exact) mass is 419 g/mol. The Hall–Kier alpha value is -3.10. The Kier molecular flexibility index (Phi) is 5.49. The number of nitrogens with one attached hydrogen (secondary N) is 2. The van der Waals surface area contributed by atoms with Crippen LogP contribution in [0.25, 0.3) is 11.0 Å². The van der Waals surface area contributed by atoms with E-state index in [2.05, 4.69) is 16.0 Å². The van der Waals surface area contributed by atoms with E-state index in [-0.39, 0.29) is 11.5 Å². The molecular formula is C21H24F3N5O. The zero-order valence-corrected chi connectivity index (χ0v) is 17.7. The van der Waals surface area contributed by atoms with Gasteiger partial charge in [0, 0.05) is 5.69 Å². The summed E-state index contributed by atoms with van der Waals surface area (Å²) in [6.07, 6.45) is 0. The molecule has 3 aromatic rings. The number of carbonyl (C=O) groups is 1. The normalized spacial score (nSPS) is 11.9. The van der Waals surface area contributed by atoms with Gasteiger partial charge in [-0.25, -0.2) is 22.8 Å². The number of benzene rings is 1. The van der Waals surface area contributed by atoms with Crippen molar-refractivity contribution in [2.45, 2.75) is 53.0 Å². The van der Waals surface area contributed by atoms with Crippen LogP contribution in [-0.4, -0.2) is 20.7 Å². The lowest BCUT2D eigenvalue weighted by Crippen LogP contribution is -2.30. The van der Waals surface area contributed by atoms with Gasteiger partial charge in [-0.15, -0.1) is 0 Å². The molecule has 1 aromatic carbocycles. The van der Waals surface area contributed by atoms with Crippen molar-refractivity contribution in [2.75, 3.05) is 5.43 Å². The Morgan fingerprint density at radius 3 is 2.40 bits per heavy atom. The van der Waals surface area contributed by atoms with Crippen molar-refractivity contribution in [3.05, 3.63) is 52.6 Å². The second kappa shape index (κ2) is 7.62. The second-order valence-electron chi connectivity index (χ2n) is 8.42. The molecular weight excluding hydrogens is 395 g/mol. The first-order chi connectivity index (χ1) is 13.9. The molecule has 0 aliphatic heterocycles. The summed E-state index contributed by atoms with van der Waals surface area (Å²) in [6.45, 7) is 11.6. The fraction of sp³-hybridized carbons (Fsp3) is 0.381. The molecule has 160 valence electrons. The minimum absolute atomic E-state index is 0.0428. The van der Waals surface area contributed by atoms with Crippen LogP contribution in [0.1, 0.15) is 62.3 Å². The van der Waals surface area contributed by atoms with Gasteiger partial charge in [-0.05, 0) is 51.8 Å². The van der Waals surface area contributed by atoms with Crippen LogP contribution in [0.3, 0.4) is 0 Å². The summed E-state index contributed by atoms with van der Waals surface area (Å²) in [6, 6.07) is 3.43. The number of aromatic nitrogens is 3. The first kappa shape index (κ1) is 21.6. The van der Waals surface area contributed by atoms with E-state index in [0.29, 0.717) is 28.0 Å². The third-order valence-corrected chi connectivity index (χ3v) is 4.65. The van der Waals surface area contributed by atoms with Gasteiger partial charge in [0.1, 0.15) is 0 Å². The molecule has 30 heavy (non-hydrogen) atoms. The van der Waals surface area contributed by atoms with Crippen LogP contribution in [0, 0.1) is 24.4 Å². The average molecular weight is 419 g/mol. The van der Waals surface area contributed by atoms with Crippen molar-refractivity contribution in [1.82, 2.24) is 20.2 Å². The van der Waals surface area contributed by atoms with Crippen molar-refractivity contribution in [3.8, 4) is 0 Å². The van der Waals surface area contributed by atoms with E-state index < -0.39 is 29.0 Å². The molecule has 2 aromatic heterocycles. The summed E-state index contributed by atoms with van der Waals surface area (Å²) in [7, 11) is 0. The number of anilines is 1. The maximum absolute atomic E-state index is 13.9. The van der Waals surface area contributed by atoms with E-state index in [0.717, 1.165) is 12.1 Å². The van der Waals surface area contributed by atoms with Crippen LogP contribution in [0.15, 0.2) is 18.2 Å². The zero-order valence-electron chi connectivity index (χ0n) is 17.7. The van der Waals surface area contributed by atoms with E-state index in [1.54, 1.807) is 17.7 Å². The fourth-order valence-electron chi connectivity index (χ4n) is 3.06. The molecule has 0 aliphatic carbocycles. The predicted octanol–water partition coefficient (Wildman–Crippen LogP) is 4.79. The number of amides is 1. The molecule has 0 atom stereocenters. The average Bonchev–Trinajstić information content (AvgIpc) is 3.01. The van der Waals surface area contributed by atoms with Crippen LogP contribution in [0.4, 0.5) is 18.9 Å². The van der Waals surface area contributed by atoms with Gasteiger partial charge in [-0.1, -0.05) is 13.8 Å². The van der Waals surface area contributed by atoms with Crippen molar-refractivity contribution in [1.29, 1.82) is 0 Å². The molecule has 3 rings (SSSR count). The summed E-state index contributed by atoms with van der Waals surface area (Å²) in [5.74, 6) is -4.89. The number of hydrogen-bond donors (Lipinski definition) is 2. The third kappa shape index (κ3) is 3.83. The molecule has 0 aliphatic rings. The van der Waals surface area contributed by atoms with E-state index in [1.165, 1.54) is 0 Å². The molecule has 0 bridgehead atoms. The van der Waals surface area contributed by atoms with Crippen LogP contribution in [0.5, 0.6) is 0 Å². The highest BCUT2D eigenvalue weighted by molar-refractivity contribution is 6.07. The van der Waals surface area contributed by atoms with Gasteiger partial charge in [0.25, 0.3) is 5.91 Å². The number of fused-ring (bicyclic) bond motifs is 1. The van der Waals surface area contributed by atoms with Crippen LogP contribution in [-0.2, 0) is 5.54 Å². The maximum atomic E-state index is 13.9. The van der Waals surface area contributed by atoms with E-state index in [4.69, 9.17) is 4.98 Å². The predicted molar refractivity (Wildman–Crippen MR) is 109 cm³/mol. The fourth-order valence-corrected chi connectivity index (χ4v) is 3.06. The standard InChI is InChI=1S/C21H24F3N5O/c1-10(2)15-9-12(16-11(3)28-29(19(16)25-15)21(4,5)6)20(30)27-26-14-8-7-13(22)17(23)18(14)24/h7-10,26H,1-6H3,(H,27,30). The number of carbonyl (C=O) groups excluding carboxylic acids is 1. The lowest BCUT2D eigenvalue weighted by atomic mass is 10.0. The Bertz CT molecular complexity index is 1130. The molecule has 0 saturated carbocycles. The van der Waals surface area contributed by atoms with Crippen molar-refractivity contribution in [3.63, 3.8) is 0 Å². The second-order valence-corrected chi connectivity index (χ2v) is 8.42. The summed E-state index contributed by atoms with van der Waals surface area (Å²) < 4.78 is 42.2. The quantitative estimate of drug-likeness (QED) is 0.471. The highest BCUT2D eigenvalue weighted by atomic mass is 19.2. The maximum Gasteiger partial charge on any atom is 0.270 e. The largest absolute Gasteiger partial charge is 0.295 e. The Morgan fingerprint density at radius 2 is 1.80 bits per heavy atom. The minimum Gasteiger partial charge on any atom is -0.295 e. The number of hydrazine groups is 1. The van der Waals surface area contributed by atoms with E-state index in [1.807, 2.05) is 34.6 Å². The molecule has 0 radical (unpaired) electrons. The number of rotatable bonds is 4. The van der Waals surface area contributed by atoms with Crippen LogP contribution < -0.4 is 10.9 Å². The molecule has 2 heterocycles. The summed E-state index contributed by atoms with van der Waals surface area (Å²) in [4.78, 5) is 17.7. The van der Waals surface area contributed by atoms with Crippen LogP contribution in [0.2, 0.25) is 0 Å². The molecule has 2 N–H and O–H groups in total. The molecule has 6 nitrogen and oxygen atoms in total. The lowest BCUT2D eigenvalue weighted by molar-refractivity contribution is 0.0964. The third-order valence-electron chi connectivity index (χ3n) is 4.65. The molecule has 0 fully saturated rings. The van der Waals surface area contributed by atoms with E-state index >= 15 is 0 Å². The summed E-state index contributed by atoms with van der Waals surface area (Å²) >= 11 is 0. The Morgan fingerprint density at radius 1 is 1.13 bits per heavy atom. The molecule has 0 unspecified atom stereocenters. The smallest absolute Gasteiger partial charge is 0.270 e. The molecule has 0 saturated heterocycles. The van der Waals surface area contributed by atoms with Gasteiger partial charge in [0.15, 0.2) is 23.1 Å². The van der Waals surface area contributed by atoms with Crippen molar-refractivity contribution in [2.24, 2.45) is 0 Å². The van der Waals surface area contributed by atoms with Gasteiger partial charge < -0.3 is 0 Å². The Labute approximate surface area is 172 Å². The lowest BCUT2D eigenvalue weighted by Gasteiger charge is -2.20. The zero-order chi connectivity index (χ0) is 22.4. The highest BCUT2D eigenvalue weighted by Gasteiger charge is 2.25. The van der Waals surface area contributed by atoms with Crippen molar-refractivity contribution < 1.29 is 18.0 Å². The minimum atomic E-state index is -1.62. The van der Waals surface area contributed by atoms with Crippen LogP contribution >= 0.6 is 0 Å². The first-order valence-corrected chi connectivity index (χ1v) is 9.52. The topological polar surface area (TPSA) is 71.8 Å². The van der Waals surface area contributed by atoms with Crippen molar-refractivity contribution >= 4 is 22.6 Å². The number of pyridine rings is 1. The van der Waals surface area contributed by atoms with Gasteiger partial charge in [0.2, 0.25) is 0 Å². The summed E-state index contributed by atoms with van der Waals surface area (Å²) in [5.41, 5.74) is 6.09. The van der Waals surface area contributed by atoms with Gasteiger partial charge in [-0.2, -0.15) is 5.10 Å². The number of halogens is 3. The SMILES string of the molecule is Cc1nn(C(C)(C)C)c2nc(C(C)C)cc(C(=O)NNc3ccc(F)c(F)c3F)c12. The van der Waals surface area contributed by atoms with Gasteiger partial charge in [0.05, 0.1) is 27.9 Å². The van der Waals surface area contributed by atoms with Gasteiger partial charge >= 0.3 is 0 Å². The highest BCUT2D eigenvalue weighted by Crippen LogP contribution is 2.29. The number of hydrogen-bond acceptors (Lipinski definition) is 4.